The van der Waals surface area contributed by atoms with E-state index < -0.39 is 0 Å². The Morgan fingerprint density at radius 2 is 2.50 bits per heavy atom. The van der Waals surface area contributed by atoms with Gasteiger partial charge in [0.25, 0.3) is 0 Å². The van der Waals surface area contributed by atoms with E-state index in [2.05, 4.69) is 26.3 Å². The van der Waals surface area contributed by atoms with E-state index in [4.69, 9.17) is 0 Å². The maximum Gasteiger partial charge on any atom is 0.183 e. The molecule has 1 unspecified atom stereocenters. The van der Waals surface area contributed by atoms with E-state index in [1.165, 1.54) is 0 Å². The van der Waals surface area contributed by atoms with E-state index >= 15 is 0 Å². The first-order chi connectivity index (χ1) is 8.59. The molecule has 0 saturated carbocycles. The molecular weight excluding hydrogens is 314 g/mol. The van der Waals surface area contributed by atoms with Crippen LogP contribution in [0.5, 0.6) is 0 Å². The molecule has 0 bridgehead atoms. The quantitative estimate of drug-likeness (QED) is 0.861. The number of hydrogen-bond acceptors (Lipinski definition) is 4. The van der Waals surface area contributed by atoms with Crippen LogP contribution in [0.4, 0.5) is 0 Å². The second-order valence-electron chi connectivity index (χ2n) is 4.73. The molecule has 0 spiro atoms. The number of rotatable bonds is 4. The molecule has 1 aromatic rings. The zero-order valence-electron chi connectivity index (χ0n) is 10.6. The zero-order chi connectivity index (χ0) is 13.1. The monoisotopic (exact) mass is 331 g/mol. The summed E-state index contributed by atoms with van der Waals surface area (Å²) < 4.78 is 2.59. The molecule has 1 saturated heterocycles. The lowest BCUT2D eigenvalue weighted by Gasteiger charge is -2.22. The third kappa shape index (κ3) is 3.16. The lowest BCUT2D eigenvalue weighted by molar-refractivity contribution is 0.0959. The molecule has 0 radical (unpaired) electrons. The van der Waals surface area contributed by atoms with E-state index in [0.29, 0.717) is 18.2 Å². The van der Waals surface area contributed by atoms with Gasteiger partial charge in [0, 0.05) is 36.6 Å². The van der Waals surface area contributed by atoms with Crippen molar-refractivity contribution in [2.75, 3.05) is 18.1 Å². The van der Waals surface area contributed by atoms with Crippen LogP contribution >= 0.6 is 27.7 Å². The van der Waals surface area contributed by atoms with Crippen molar-refractivity contribution >= 4 is 33.5 Å². The molecule has 100 valence electrons. The van der Waals surface area contributed by atoms with Gasteiger partial charge < -0.3 is 5.32 Å². The van der Waals surface area contributed by atoms with Gasteiger partial charge >= 0.3 is 0 Å². The zero-order valence-corrected chi connectivity index (χ0v) is 13.1. The molecule has 18 heavy (non-hydrogen) atoms. The average Bonchev–Trinajstić information content (AvgIpc) is 2.72. The molecule has 0 amide bonds. The van der Waals surface area contributed by atoms with E-state index in [1.54, 1.807) is 10.9 Å². The summed E-state index contributed by atoms with van der Waals surface area (Å²) in [7, 11) is 0. The maximum absolute atomic E-state index is 12.4. The Balaban J connectivity index is 2.10. The highest BCUT2D eigenvalue weighted by atomic mass is 79.9. The summed E-state index contributed by atoms with van der Waals surface area (Å²) in [6, 6.07) is 0.489. The van der Waals surface area contributed by atoms with Crippen LogP contribution in [0, 0.1) is 0 Å². The molecule has 2 heterocycles. The molecule has 1 fully saturated rings. The standard InChI is InChI=1S/C12H18BrN3OS/c1-8(2)16-12(10(13)6-15-16)11(17)5-9-7-18-4-3-14-9/h6,8-9,14H,3-5,7H2,1-2H3. The van der Waals surface area contributed by atoms with Gasteiger partial charge in [-0.05, 0) is 29.8 Å². The number of thioether (sulfide) groups is 1. The molecule has 1 aliphatic rings. The molecule has 1 N–H and O–H groups in total. The number of ketones is 1. The average molecular weight is 332 g/mol. The highest BCUT2D eigenvalue weighted by Gasteiger charge is 2.23. The second-order valence-corrected chi connectivity index (χ2v) is 6.74. The Kier molecular flexibility index (Phi) is 4.86. The van der Waals surface area contributed by atoms with E-state index in [1.807, 2.05) is 25.6 Å². The SMILES string of the molecule is CC(C)n1ncc(Br)c1C(=O)CC1CSCCN1. The second kappa shape index (κ2) is 6.21. The van der Waals surface area contributed by atoms with Crippen molar-refractivity contribution in [2.24, 2.45) is 0 Å². The van der Waals surface area contributed by atoms with Crippen LogP contribution in [0.3, 0.4) is 0 Å². The number of halogens is 1. The largest absolute Gasteiger partial charge is 0.312 e. The van der Waals surface area contributed by atoms with Crippen LogP contribution in [0.15, 0.2) is 10.7 Å². The molecule has 6 heteroatoms. The third-order valence-electron chi connectivity index (χ3n) is 2.93. The molecule has 1 aromatic heterocycles. The van der Waals surface area contributed by atoms with Crippen molar-refractivity contribution in [2.45, 2.75) is 32.4 Å². The number of carbonyl (C=O) groups excluding carboxylic acids is 1. The number of aromatic nitrogens is 2. The number of nitrogens with one attached hydrogen (secondary N) is 1. The van der Waals surface area contributed by atoms with E-state index in [-0.39, 0.29) is 11.8 Å². The van der Waals surface area contributed by atoms with Crippen molar-refractivity contribution in [1.82, 2.24) is 15.1 Å². The fraction of sp³-hybridized carbons (Fsp3) is 0.667. The summed E-state index contributed by atoms with van der Waals surface area (Å²) in [5.41, 5.74) is 0.697. The van der Waals surface area contributed by atoms with Gasteiger partial charge in [0.15, 0.2) is 5.78 Å². The van der Waals surface area contributed by atoms with Gasteiger partial charge in [0.1, 0.15) is 5.69 Å². The van der Waals surface area contributed by atoms with E-state index in [0.717, 1.165) is 22.5 Å². The van der Waals surface area contributed by atoms with Crippen LogP contribution in [0.1, 0.15) is 36.8 Å². The third-order valence-corrected chi connectivity index (χ3v) is 4.65. The Morgan fingerprint density at radius 3 is 3.11 bits per heavy atom. The smallest absolute Gasteiger partial charge is 0.183 e. The first kappa shape index (κ1) is 14.1. The minimum atomic E-state index is 0.160. The van der Waals surface area contributed by atoms with E-state index in [9.17, 15) is 4.79 Å². The molecule has 4 nitrogen and oxygen atoms in total. The van der Waals surface area contributed by atoms with Crippen LogP contribution in [-0.4, -0.2) is 39.7 Å². The van der Waals surface area contributed by atoms with Gasteiger partial charge in [-0.15, -0.1) is 0 Å². The summed E-state index contributed by atoms with van der Waals surface area (Å²) in [5, 5.41) is 7.65. The van der Waals surface area contributed by atoms with Gasteiger partial charge in [0.05, 0.1) is 10.7 Å². The Hall–Kier alpha value is -0.330. The Bertz CT molecular complexity index is 427. The predicted octanol–water partition coefficient (Wildman–Crippen LogP) is 2.50. The predicted molar refractivity (Wildman–Crippen MR) is 78.4 cm³/mol. The molecule has 0 aromatic carbocycles. The molecule has 2 rings (SSSR count). The lowest BCUT2D eigenvalue weighted by atomic mass is 10.1. The number of nitrogens with zero attached hydrogens (tertiary/aromatic N) is 2. The van der Waals surface area contributed by atoms with Crippen LogP contribution in [0.2, 0.25) is 0 Å². The minimum Gasteiger partial charge on any atom is -0.312 e. The fourth-order valence-electron chi connectivity index (χ4n) is 2.06. The van der Waals surface area contributed by atoms with Gasteiger partial charge in [-0.3, -0.25) is 9.48 Å². The summed E-state index contributed by atoms with van der Waals surface area (Å²) >= 11 is 5.33. The summed E-state index contributed by atoms with van der Waals surface area (Å²) in [5.74, 6) is 2.31. The van der Waals surface area contributed by atoms with Crippen LogP contribution in [-0.2, 0) is 0 Å². The number of hydrogen-bond donors (Lipinski definition) is 1. The molecule has 1 aliphatic heterocycles. The lowest BCUT2D eigenvalue weighted by Crippen LogP contribution is -2.39. The number of Topliss-reactive ketones (excluding diaryl/α,β-unsaturated/α-hetero) is 1. The summed E-state index contributed by atoms with van der Waals surface area (Å²) in [6.45, 7) is 5.06. The first-order valence-electron chi connectivity index (χ1n) is 6.17. The molecular formula is C12H18BrN3OS. The van der Waals surface area contributed by atoms with Crippen molar-refractivity contribution in [1.29, 1.82) is 0 Å². The van der Waals surface area contributed by atoms with Crippen molar-refractivity contribution in [3.05, 3.63) is 16.4 Å². The van der Waals surface area contributed by atoms with Gasteiger partial charge in [-0.1, -0.05) is 0 Å². The summed E-state index contributed by atoms with van der Waals surface area (Å²) in [4.78, 5) is 12.4. The van der Waals surface area contributed by atoms with Gasteiger partial charge in [0.2, 0.25) is 0 Å². The Morgan fingerprint density at radius 1 is 1.72 bits per heavy atom. The normalized spacial score (nSPS) is 20.3. The minimum absolute atomic E-state index is 0.160. The van der Waals surface area contributed by atoms with Gasteiger partial charge in [-0.25, -0.2) is 0 Å². The fourth-order valence-corrected chi connectivity index (χ4v) is 3.51. The summed E-state index contributed by atoms with van der Waals surface area (Å²) in [6.07, 6.45) is 2.25. The van der Waals surface area contributed by atoms with Crippen LogP contribution < -0.4 is 5.32 Å². The van der Waals surface area contributed by atoms with Crippen molar-refractivity contribution in [3.63, 3.8) is 0 Å². The van der Waals surface area contributed by atoms with Gasteiger partial charge in [-0.2, -0.15) is 16.9 Å². The first-order valence-corrected chi connectivity index (χ1v) is 8.11. The van der Waals surface area contributed by atoms with Crippen molar-refractivity contribution < 1.29 is 4.79 Å². The number of carbonyl (C=O) groups is 1. The molecule has 1 atom stereocenters. The highest BCUT2D eigenvalue weighted by molar-refractivity contribution is 9.10. The highest BCUT2D eigenvalue weighted by Crippen LogP contribution is 2.22. The Labute approximate surface area is 120 Å². The molecule has 0 aliphatic carbocycles. The van der Waals surface area contributed by atoms with Crippen LogP contribution in [0.25, 0.3) is 0 Å². The maximum atomic E-state index is 12.4. The van der Waals surface area contributed by atoms with Crippen molar-refractivity contribution in [3.8, 4) is 0 Å². The topological polar surface area (TPSA) is 46.9 Å².